The van der Waals surface area contributed by atoms with Gasteiger partial charge in [0.1, 0.15) is 0 Å². The smallest absolute Gasteiger partial charge is 0.228 e. The molecule has 1 aliphatic rings. The Morgan fingerprint density at radius 2 is 2.10 bits per heavy atom. The normalized spacial score (nSPS) is 16.5. The number of halogens is 1. The second kappa shape index (κ2) is 9.83. The van der Waals surface area contributed by atoms with Crippen LogP contribution >= 0.6 is 11.6 Å². The second-order valence-electron chi connectivity index (χ2n) is 7.68. The third-order valence-electron chi connectivity index (χ3n) is 5.33. The molecule has 7 nitrogen and oxygen atoms in total. The van der Waals surface area contributed by atoms with Crippen LogP contribution in [-0.4, -0.2) is 48.8 Å². The molecule has 2 heterocycles. The molecule has 2 aromatic carbocycles. The molecule has 1 aliphatic heterocycles. The summed E-state index contributed by atoms with van der Waals surface area (Å²) in [6.45, 7) is 4.74. The molecule has 1 saturated heterocycles. The fraction of sp³-hybridized carbons (Fsp3) is 0.348. The molecule has 0 spiro atoms. The molecule has 162 valence electrons. The van der Waals surface area contributed by atoms with Gasteiger partial charge in [-0.3, -0.25) is 4.99 Å². The zero-order valence-corrected chi connectivity index (χ0v) is 18.6. The summed E-state index contributed by atoms with van der Waals surface area (Å²) in [5.74, 6) is 1.90. The van der Waals surface area contributed by atoms with Gasteiger partial charge in [-0.25, -0.2) is 0 Å². The Morgan fingerprint density at radius 3 is 2.87 bits per heavy atom. The first-order chi connectivity index (χ1) is 15.1. The minimum atomic E-state index is 0.352. The van der Waals surface area contributed by atoms with Crippen LogP contribution in [0.1, 0.15) is 17.9 Å². The van der Waals surface area contributed by atoms with Crippen molar-refractivity contribution in [2.24, 2.45) is 4.99 Å². The predicted molar refractivity (Wildman–Crippen MR) is 125 cm³/mol. The molecule has 0 bridgehead atoms. The molecule has 4 rings (SSSR count). The van der Waals surface area contributed by atoms with E-state index in [1.165, 1.54) is 11.3 Å². The van der Waals surface area contributed by atoms with Gasteiger partial charge in [-0.1, -0.05) is 46.6 Å². The fourth-order valence-corrected chi connectivity index (χ4v) is 3.84. The van der Waals surface area contributed by atoms with E-state index >= 15 is 0 Å². The maximum atomic E-state index is 6.04. The number of anilines is 1. The molecule has 0 radical (unpaired) electrons. The molecule has 8 heteroatoms. The van der Waals surface area contributed by atoms with Gasteiger partial charge in [-0.15, -0.1) is 0 Å². The summed E-state index contributed by atoms with van der Waals surface area (Å²) in [6, 6.07) is 16.5. The molecule has 2 N–H and O–H groups in total. The lowest BCUT2D eigenvalue weighted by atomic mass is 10.2. The zero-order valence-electron chi connectivity index (χ0n) is 17.8. The lowest BCUT2D eigenvalue weighted by Crippen LogP contribution is -2.45. The van der Waals surface area contributed by atoms with Crippen LogP contribution in [-0.2, 0) is 6.42 Å². The zero-order chi connectivity index (χ0) is 21.6. The number of aliphatic imine (C=N–C) groups is 1. The molecule has 0 saturated carbocycles. The Morgan fingerprint density at radius 1 is 1.26 bits per heavy atom. The van der Waals surface area contributed by atoms with Gasteiger partial charge < -0.3 is 20.1 Å². The average Bonchev–Trinajstić information content (AvgIpc) is 3.43. The van der Waals surface area contributed by atoms with E-state index in [2.05, 4.69) is 61.9 Å². The lowest BCUT2D eigenvalue weighted by Gasteiger charge is -2.20. The van der Waals surface area contributed by atoms with E-state index in [-0.39, 0.29) is 0 Å². The number of nitrogens with one attached hydrogen (secondary N) is 2. The number of hydrogen-bond acceptors (Lipinski definition) is 5. The number of rotatable bonds is 6. The summed E-state index contributed by atoms with van der Waals surface area (Å²) < 4.78 is 5.37. The van der Waals surface area contributed by atoms with Crippen molar-refractivity contribution in [3.8, 4) is 11.4 Å². The van der Waals surface area contributed by atoms with E-state index in [4.69, 9.17) is 16.1 Å². The third kappa shape index (κ3) is 5.55. The van der Waals surface area contributed by atoms with Gasteiger partial charge in [0.05, 0.1) is 0 Å². The number of aryl methyl sites for hydroxylation is 1. The Bertz CT molecular complexity index is 1030. The molecular weight excluding hydrogens is 412 g/mol. The van der Waals surface area contributed by atoms with Crippen LogP contribution in [0, 0.1) is 6.92 Å². The highest BCUT2D eigenvalue weighted by atomic mass is 35.5. The average molecular weight is 439 g/mol. The molecule has 0 aliphatic carbocycles. The molecule has 1 atom stereocenters. The van der Waals surface area contributed by atoms with Crippen LogP contribution in [0.4, 0.5) is 5.69 Å². The Kier molecular flexibility index (Phi) is 6.72. The van der Waals surface area contributed by atoms with E-state index in [0.29, 0.717) is 35.7 Å². The van der Waals surface area contributed by atoms with E-state index in [1.54, 1.807) is 7.05 Å². The molecule has 1 unspecified atom stereocenters. The Hall–Kier alpha value is -3.06. The Balaban J connectivity index is 1.25. The largest absolute Gasteiger partial charge is 0.369 e. The van der Waals surface area contributed by atoms with Crippen LogP contribution in [0.15, 0.2) is 58.0 Å². The van der Waals surface area contributed by atoms with Gasteiger partial charge in [0.15, 0.2) is 5.96 Å². The number of nitrogens with zero attached hydrogens (tertiary/aromatic N) is 4. The first kappa shape index (κ1) is 21.2. The van der Waals surface area contributed by atoms with Crippen LogP contribution < -0.4 is 15.5 Å². The van der Waals surface area contributed by atoms with Crippen molar-refractivity contribution in [3.05, 3.63) is 65.0 Å². The standard InChI is InChI=1S/C23H27ClN6O/c1-16-6-8-20(9-7-16)30-13-11-19(15-30)27-23(25-2)26-12-10-21-28-22(29-31-21)17-4-3-5-18(24)14-17/h3-9,14,19H,10-13,15H2,1-2H3,(H2,25,26,27). The van der Waals surface area contributed by atoms with Crippen LogP contribution in [0.25, 0.3) is 11.4 Å². The molecule has 31 heavy (non-hydrogen) atoms. The SMILES string of the molecule is CN=C(NCCc1nc(-c2cccc(Cl)c2)no1)NC1CCN(c2ccc(C)cc2)C1. The van der Waals surface area contributed by atoms with Gasteiger partial charge in [0, 0.05) is 55.4 Å². The summed E-state index contributed by atoms with van der Waals surface area (Å²) in [5.41, 5.74) is 3.39. The van der Waals surface area contributed by atoms with Crippen molar-refractivity contribution in [1.29, 1.82) is 0 Å². The van der Waals surface area contributed by atoms with Crippen LogP contribution in [0.3, 0.4) is 0 Å². The van der Waals surface area contributed by atoms with Crippen molar-refractivity contribution in [2.45, 2.75) is 25.8 Å². The molecule has 1 fully saturated rings. The van der Waals surface area contributed by atoms with Gasteiger partial charge in [0.25, 0.3) is 0 Å². The summed E-state index contributed by atoms with van der Waals surface area (Å²) in [7, 11) is 1.78. The highest BCUT2D eigenvalue weighted by Crippen LogP contribution is 2.21. The van der Waals surface area contributed by atoms with Gasteiger partial charge >= 0.3 is 0 Å². The lowest BCUT2D eigenvalue weighted by molar-refractivity contribution is 0.378. The maximum absolute atomic E-state index is 6.04. The summed E-state index contributed by atoms with van der Waals surface area (Å²) in [6.07, 6.45) is 1.68. The van der Waals surface area contributed by atoms with E-state index in [0.717, 1.165) is 31.0 Å². The Labute approximate surface area is 187 Å². The monoisotopic (exact) mass is 438 g/mol. The minimum absolute atomic E-state index is 0.352. The molecular formula is C23H27ClN6O. The van der Waals surface area contributed by atoms with Gasteiger partial charge in [0.2, 0.25) is 11.7 Å². The molecule has 1 aromatic heterocycles. The summed E-state index contributed by atoms with van der Waals surface area (Å²) >= 11 is 6.04. The first-order valence-corrected chi connectivity index (χ1v) is 10.9. The number of guanidine groups is 1. The van der Waals surface area contributed by atoms with Crippen molar-refractivity contribution in [2.75, 3.05) is 31.6 Å². The third-order valence-corrected chi connectivity index (χ3v) is 5.57. The number of aromatic nitrogens is 2. The van der Waals surface area contributed by atoms with Crippen molar-refractivity contribution in [3.63, 3.8) is 0 Å². The minimum Gasteiger partial charge on any atom is -0.369 e. The van der Waals surface area contributed by atoms with Crippen molar-refractivity contribution >= 4 is 23.2 Å². The number of benzene rings is 2. The number of hydrogen-bond donors (Lipinski definition) is 2. The topological polar surface area (TPSA) is 78.6 Å². The second-order valence-corrected chi connectivity index (χ2v) is 8.12. The van der Waals surface area contributed by atoms with Crippen molar-refractivity contribution < 1.29 is 4.52 Å². The van der Waals surface area contributed by atoms with Crippen LogP contribution in [0.2, 0.25) is 5.02 Å². The highest BCUT2D eigenvalue weighted by molar-refractivity contribution is 6.30. The fourth-order valence-electron chi connectivity index (χ4n) is 3.65. The van der Waals surface area contributed by atoms with Gasteiger partial charge in [-0.2, -0.15) is 4.98 Å². The van der Waals surface area contributed by atoms with E-state index in [1.807, 2.05) is 24.3 Å². The van der Waals surface area contributed by atoms with Crippen LogP contribution in [0.5, 0.6) is 0 Å². The van der Waals surface area contributed by atoms with E-state index in [9.17, 15) is 0 Å². The highest BCUT2D eigenvalue weighted by Gasteiger charge is 2.23. The van der Waals surface area contributed by atoms with Gasteiger partial charge in [-0.05, 0) is 37.6 Å². The van der Waals surface area contributed by atoms with Crippen molar-refractivity contribution in [1.82, 2.24) is 20.8 Å². The summed E-state index contributed by atoms with van der Waals surface area (Å²) in [5, 5.41) is 11.5. The molecule has 0 amide bonds. The quantitative estimate of drug-likeness (QED) is 0.451. The maximum Gasteiger partial charge on any atom is 0.228 e. The summed E-state index contributed by atoms with van der Waals surface area (Å²) in [4.78, 5) is 11.2. The first-order valence-electron chi connectivity index (χ1n) is 10.5. The molecule has 3 aromatic rings. The van der Waals surface area contributed by atoms with E-state index < -0.39 is 0 Å². The predicted octanol–water partition coefficient (Wildman–Crippen LogP) is 3.68.